The van der Waals surface area contributed by atoms with Gasteiger partial charge < -0.3 is 10.8 Å². The van der Waals surface area contributed by atoms with E-state index in [1.807, 2.05) is 13.0 Å². The molecule has 0 heterocycles. The second-order valence-corrected chi connectivity index (χ2v) is 3.82. The van der Waals surface area contributed by atoms with Gasteiger partial charge in [0.25, 0.3) is 0 Å². The first-order valence-corrected chi connectivity index (χ1v) is 4.72. The zero-order valence-corrected chi connectivity index (χ0v) is 8.08. The lowest BCUT2D eigenvalue weighted by molar-refractivity contribution is 0.0696. The Hall–Kier alpha value is -1.35. The Morgan fingerprint density at radius 3 is 2.93 bits per heavy atom. The summed E-state index contributed by atoms with van der Waals surface area (Å²) in [6, 6.07) is 3.69. The monoisotopic (exact) mass is 191 g/mol. The van der Waals surface area contributed by atoms with Gasteiger partial charge in [0.2, 0.25) is 0 Å². The van der Waals surface area contributed by atoms with E-state index in [1.54, 1.807) is 6.07 Å². The van der Waals surface area contributed by atoms with Crippen LogP contribution in [0.3, 0.4) is 0 Å². The van der Waals surface area contributed by atoms with Crippen molar-refractivity contribution < 1.29 is 9.90 Å². The smallest absolute Gasteiger partial charge is 0.335 e. The van der Waals surface area contributed by atoms with Crippen molar-refractivity contribution in [2.75, 3.05) is 0 Å². The highest BCUT2D eigenvalue weighted by Crippen LogP contribution is 2.31. The number of carbonyl (C=O) groups is 1. The van der Waals surface area contributed by atoms with Crippen LogP contribution >= 0.6 is 0 Å². The van der Waals surface area contributed by atoms with E-state index < -0.39 is 5.97 Å². The van der Waals surface area contributed by atoms with Crippen molar-refractivity contribution in [3.63, 3.8) is 0 Å². The predicted molar refractivity (Wildman–Crippen MR) is 53.4 cm³/mol. The summed E-state index contributed by atoms with van der Waals surface area (Å²) in [5.41, 5.74) is 9.29. The minimum atomic E-state index is -0.871. The van der Waals surface area contributed by atoms with Gasteiger partial charge in [0.15, 0.2) is 0 Å². The van der Waals surface area contributed by atoms with Crippen LogP contribution in [-0.2, 0) is 6.42 Å². The number of carboxylic acids is 1. The molecule has 3 N–H and O–H groups in total. The largest absolute Gasteiger partial charge is 0.478 e. The highest BCUT2D eigenvalue weighted by Gasteiger charge is 2.21. The Kier molecular flexibility index (Phi) is 2.04. The van der Waals surface area contributed by atoms with Crippen LogP contribution in [0.2, 0.25) is 0 Å². The maximum absolute atomic E-state index is 10.9. The van der Waals surface area contributed by atoms with Crippen molar-refractivity contribution >= 4 is 5.97 Å². The second-order valence-electron chi connectivity index (χ2n) is 3.82. The lowest BCUT2D eigenvalue weighted by Gasteiger charge is -2.08. The average molecular weight is 191 g/mol. The first-order valence-electron chi connectivity index (χ1n) is 4.72. The third-order valence-electron chi connectivity index (χ3n) is 2.84. The molecule has 0 bridgehead atoms. The van der Waals surface area contributed by atoms with E-state index in [0.717, 1.165) is 24.0 Å². The average Bonchev–Trinajstić information content (AvgIpc) is 2.46. The molecule has 3 nitrogen and oxygen atoms in total. The summed E-state index contributed by atoms with van der Waals surface area (Å²) >= 11 is 0. The number of aromatic carboxylic acids is 1. The standard InChI is InChI=1S/C11H13NO2/c1-6-4-7-2-3-10(12)9(7)5-8(6)11(13)14/h4-5,10H,2-3,12H2,1H3,(H,13,14)/t10-/m1/s1. The van der Waals surface area contributed by atoms with Gasteiger partial charge in [-0.2, -0.15) is 0 Å². The molecule has 0 aromatic heterocycles. The Labute approximate surface area is 82.5 Å². The topological polar surface area (TPSA) is 63.3 Å². The number of hydrogen-bond acceptors (Lipinski definition) is 2. The molecule has 1 aromatic carbocycles. The predicted octanol–water partition coefficient (Wildman–Crippen LogP) is 1.64. The highest BCUT2D eigenvalue weighted by molar-refractivity contribution is 5.89. The molecular weight excluding hydrogens is 178 g/mol. The van der Waals surface area contributed by atoms with E-state index in [-0.39, 0.29) is 6.04 Å². The van der Waals surface area contributed by atoms with E-state index >= 15 is 0 Å². The van der Waals surface area contributed by atoms with Crippen LogP contribution in [0.4, 0.5) is 0 Å². The van der Waals surface area contributed by atoms with Crippen molar-refractivity contribution in [1.82, 2.24) is 0 Å². The van der Waals surface area contributed by atoms with Crippen LogP contribution in [0.5, 0.6) is 0 Å². The summed E-state index contributed by atoms with van der Waals surface area (Å²) in [6.45, 7) is 1.83. The van der Waals surface area contributed by atoms with Gasteiger partial charge >= 0.3 is 5.97 Å². The molecule has 0 fully saturated rings. The molecule has 1 atom stereocenters. The Morgan fingerprint density at radius 1 is 1.57 bits per heavy atom. The molecule has 1 aliphatic rings. The van der Waals surface area contributed by atoms with E-state index in [0.29, 0.717) is 5.56 Å². The molecule has 0 saturated heterocycles. The minimum absolute atomic E-state index is 0.0173. The second kappa shape index (κ2) is 3.10. The summed E-state index contributed by atoms with van der Waals surface area (Å²) in [5.74, 6) is -0.871. The molecular formula is C11H13NO2. The van der Waals surface area contributed by atoms with Gasteiger partial charge in [-0.05, 0) is 42.5 Å². The maximum Gasteiger partial charge on any atom is 0.335 e. The molecule has 0 aliphatic heterocycles. The van der Waals surface area contributed by atoms with Gasteiger partial charge in [-0.3, -0.25) is 0 Å². The SMILES string of the molecule is Cc1cc2c(cc1C(=O)O)[C@H](N)CC2. The van der Waals surface area contributed by atoms with Gasteiger partial charge in [0.05, 0.1) is 5.56 Å². The summed E-state index contributed by atoms with van der Waals surface area (Å²) in [7, 11) is 0. The van der Waals surface area contributed by atoms with Crippen molar-refractivity contribution in [3.8, 4) is 0 Å². The van der Waals surface area contributed by atoms with Crippen LogP contribution < -0.4 is 5.73 Å². The number of benzene rings is 1. The molecule has 1 aliphatic carbocycles. The quantitative estimate of drug-likeness (QED) is 0.709. The Bertz CT molecular complexity index is 399. The number of aryl methyl sites for hydroxylation is 2. The normalized spacial score (nSPS) is 19.4. The maximum atomic E-state index is 10.9. The van der Waals surface area contributed by atoms with E-state index in [2.05, 4.69) is 0 Å². The van der Waals surface area contributed by atoms with Gasteiger partial charge in [-0.1, -0.05) is 6.07 Å². The molecule has 14 heavy (non-hydrogen) atoms. The van der Waals surface area contributed by atoms with Crippen LogP contribution in [0.25, 0.3) is 0 Å². The number of nitrogens with two attached hydrogens (primary N) is 1. The third kappa shape index (κ3) is 1.30. The summed E-state index contributed by atoms with van der Waals surface area (Å²) < 4.78 is 0. The van der Waals surface area contributed by atoms with E-state index in [1.165, 1.54) is 5.56 Å². The number of fused-ring (bicyclic) bond motifs is 1. The molecule has 74 valence electrons. The number of rotatable bonds is 1. The molecule has 0 saturated carbocycles. The first kappa shape index (κ1) is 9.21. The van der Waals surface area contributed by atoms with Crippen molar-refractivity contribution in [2.45, 2.75) is 25.8 Å². The third-order valence-corrected chi connectivity index (χ3v) is 2.84. The van der Waals surface area contributed by atoms with Crippen molar-refractivity contribution in [2.24, 2.45) is 5.73 Å². The fraction of sp³-hybridized carbons (Fsp3) is 0.364. The molecule has 0 spiro atoms. The minimum Gasteiger partial charge on any atom is -0.478 e. The lowest BCUT2D eigenvalue weighted by Crippen LogP contribution is -2.08. The fourth-order valence-electron chi connectivity index (χ4n) is 2.04. The van der Waals surface area contributed by atoms with Crippen molar-refractivity contribution in [1.29, 1.82) is 0 Å². The fourth-order valence-corrected chi connectivity index (χ4v) is 2.04. The van der Waals surface area contributed by atoms with Gasteiger partial charge in [0, 0.05) is 6.04 Å². The first-order chi connectivity index (χ1) is 6.59. The Balaban J connectivity index is 2.57. The zero-order chi connectivity index (χ0) is 10.3. The molecule has 1 aromatic rings. The highest BCUT2D eigenvalue weighted by atomic mass is 16.4. The van der Waals surface area contributed by atoms with Crippen LogP contribution in [0, 0.1) is 6.92 Å². The van der Waals surface area contributed by atoms with Crippen LogP contribution in [0.1, 0.15) is 39.5 Å². The van der Waals surface area contributed by atoms with E-state index in [9.17, 15) is 4.79 Å². The number of carboxylic acid groups (broad SMARTS) is 1. The lowest BCUT2D eigenvalue weighted by atomic mass is 10.00. The molecule has 3 heteroatoms. The Morgan fingerprint density at radius 2 is 2.29 bits per heavy atom. The van der Waals surface area contributed by atoms with Crippen molar-refractivity contribution in [3.05, 3.63) is 34.4 Å². The summed E-state index contributed by atoms with van der Waals surface area (Å²) in [5, 5.41) is 8.94. The summed E-state index contributed by atoms with van der Waals surface area (Å²) in [6.07, 6.45) is 1.90. The van der Waals surface area contributed by atoms with Gasteiger partial charge in [0.1, 0.15) is 0 Å². The molecule has 2 rings (SSSR count). The summed E-state index contributed by atoms with van der Waals surface area (Å²) in [4.78, 5) is 10.9. The van der Waals surface area contributed by atoms with Crippen LogP contribution in [0.15, 0.2) is 12.1 Å². The van der Waals surface area contributed by atoms with E-state index in [4.69, 9.17) is 10.8 Å². The van der Waals surface area contributed by atoms with Crippen LogP contribution in [-0.4, -0.2) is 11.1 Å². The number of hydrogen-bond donors (Lipinski definition) is 2. The molecule has 0 amide bonds. The van der Waals surface area contributed by atoms with Gasteiger partial charge in [-0.15, -0.1) is 0 Å². The zero-order valence-electron chi connectivity index (χ0n) is 8.08. The molecule has 0 radical (unpaired) electrons. The molecule has 0 unspecified atom stereocenters. The van der Waals surface area contributed by atoms with Gasteiger partial charge in [-0.25, -0.2) is 4.79 Å².